The van der Waals surface area contributed by atoms with E-state index in [2.05, 4.69) is 52.6 Å². The Bertz CT molecular complexity index is 385. The summed E-state index contributed by atoms with van der Waals surface area (Å²) in [6.07, 6.45) is 1.08. The van der Waals surface area contributed by atoms with Gasteiger partial charge in [-0.3, -0.25) is 4.90 Å². The van der Waals surface area contributed by atoms with Gasteiger partial charge in [-0.15, -0.1) is 0 Å². The van der Waals surface area contributed by atoms with Crippen LogP contribution in [0.1, 0.15) is 51.3 Å². The van der Waals surface area contributed by atoms with Crippen LogP contribution in [-0.4, -0.2) is 22.6 Å². The SMILES string of the molecule is CCC(C)(C)N(C)C(C)c1cc(C)ccc1O. The van der Waals surface area contributed by atoms with E-state index in [4.69, 9.17) is 0 Å². The van der Waals surface area contributed by atoms with E-state index in [-0.39, 0.29) is 11.6 Å². The highest BCUT2D eigenvalue weighted by Gasteiger charge is 2.27. The molecule has 1 atom stereocenters. The van der Waals surface area contributed by atoms with E-state index in [1.165, 1.54) is 5.56 Å². The second-order valence-corrected chi connectivity index (χ2v) is 5.52. The molecule has 1 unspecified atom stereocenters. The quantitative estimate of drug-likeness (QED) is 0.856. The van der Waals surface area contributed by atoms with Gasteiger partial charge in [0.2, 0.25) is 0 Å². The summed E-state index contributed by atoms with van der Waals surface area (Å²) >= 11 is 0. The van der Waals surface area contributed by atoms with Crippen LogP contribution in [-0.2, 0) is 0 Å². The highest BCUT2D eigenvalue weighted by atomic mass is 16.3. The van der Waals surface area contributed by atoms with E-state index in [9.17, 15) is 5.11 Å². The van der Waals surface area contributed by atoms with Crippen molar-refractivity contribution in [3.63, 3.8) is 0 Å². The Morgan fingerprint density at radius 2 is 1.94 bits per heavy atom. The predicted octanol–water partition coefficient (Wildman–Crippen LogP) is 3.88. The Hall–Kier alpha value is -1.02. The van der Waals surface area contributed by atoms with Crippen LogP contribution < -0.4 is 0 Å². The fourth-order valence-electron chi connectivity index (χ4n) is 1.99. The van der Waals surface area contributed by atoms with Crippen molar-refractivity contribution in [2.45, 2.75) is 52.6 Å². The lowest BCUT2D eigenvalue weighted by molar-refractivity contribution is 0.104. The second kappa shape index (κ2) is 5.09. The van der Waals surface area contributed by atoms with Gasteiger partial charge in [-0.2, -0.15) is 0 Å². The van der Waals surface area contributed by atoms with Gasteiger partial charge in [0.25, 0.3) is 0 Å². The molecule has 0 heterocycles. The van der Waals surface area contributed by atoms with Crippen LogP contribution in [0.4, 0.5) is 0 Å². The van der Waals surface area contributed by atoms with E-state index in [0.717, 1.165) is 12.0 Å². The van der Waals surface area contributed by atoms with Crippen molar-refractivity contribution in [3.8, 4) is 5.75 Å². The normalized spacial score (nSPS) is 14.1. The van der Waals surface area contributed by atoms with Crippen LogP contribution in [0.15, 0.2) is 18.2 Å². The molecular formula is C15H25NO. The number of benzene rings is 1. The van der Waals surface area contributed by atoms with E-state index in [1.54, 1.807) is 6.07 Å². The minimum atomic E-state index is 0.135. The van der Waals surface area contributed by atoms with Crippen molar-refractivity contribution in [1.82, 2.24) is 4.90 Å². The van der Waals surface area contributed by atoms with Crippen LogP contribution in [0.5, 0.6) is 5.75 Å². The van der Waals surface area contributed by atoms with Gasteiger partial charge in [-0.25, -0.2) is 0 Å². The zero-order chi connectivity index (χ0) is 13.2. The first kappa shape index (κ1) is 14.0. The van der Waals surface area contributed by atoms with E-state index >= 15 is 0 Å². The van der Waals surface area contributed by atoms with E-state index < -0.39 is 0 Å². The van der Waals surface area contributed by atoms with Crippen molar-refractivity contribution < 1.29 is 5.11 Å². The Balaban J connectivity index is 3.04. The largest absolute Gasteiger partial charge is 0.508 e. The number of hydrogen-bond acceptors (Lipinski definition) is 2. The smallest absolute Gasteiger partial charge is 0.120 e. The molecule has 0 aliphatic rings. The third-order valence-electron chi connectivity index (χ3n) is 4.03. The summed E-state index contributed by atoms with van der Waals surface area (Å²) in [5.41, 5.74) is 2.33. The van der Waals surface area contributed by atoms with Gasteiger partial charge >= 0.3 is 0 Å². The second-order valence-electron chi connectivity index (χ2n) is 5.52. The van der Waals surface area contributed by atoms with Gasteiger partial charge in [0, 0.05) is 17.1 Å². The molecule has 0 spiro atoms. The molecular weight excluding hydrogens is 210 g/mol. The Labute approximate surface area is 105 Å². The molecule has 17 heavy (non-hydrogen) atoms. The summed E-state index contributed by atoms with van der Waals surface area (Å²) in [5, 5.41) is 9.97. The third kappa shape index (κ3) is 3.01. The topological polar surface area (TPSA) is 23.5 Å². The van der Waals surface area contributed by atoms with Crippen LogP contribution in [0.25, 0.3) is 0 Å². The summed E-state index contributed by atoms with van der Waals surface area (Å²) in [6, 6.07) is 6.01. The molecule has 0 saturated heterocycles. The van der Waals surface area contributed by atoms with E-state index in [0.29, 0.717) is 5.75 Å². The molecule has 2 nitrogen and oxygen atoms in total. The molecule has 2 heteroatoms. The summed E-state index contributed by atoms with van der Waals surface area (Å²) in [7, 11) is 2.12. The summed E-state index contributed by atoms with van der Waals surface area (Å²) in [6.45, 7) is 10.9. The van der Waals surface area contributed by atoms with Crippen molar-refractivity contribution in [2.24, 2.45) is 0 Å². The highest BCUT2D eigenvalue weighted by Crippen LogP contribution is 2.33. The zero-order valence-electron chi connectivity index (χ0n) is 11.9. The zero-order valence-corrected chi connectivity index (χ0v) is 11.9. The molecule has 1 rings (SSSR count). The van der Waals surface area contributed by atoms with Crippen molar-refractivity contribution in [2.75, 3.05) is 7.05 Å². The Kier molecular flexibility index (Phi) is 4.21. The first-order chi connectivity index (χ1) is 7.79. The van der Waals surface area contributed by atoms with Crippen LogP contribution in [0.2, 0.25) is 0 Å². The van der Waals surface area contributed by atoms with Gasteiger partial charge in [0.05, 0.1) is 0 Å². The fraction of sp³-hybridized carbons (Fsp3) is 0.600. The lowest BCUT2D eigenvalue weighted by Crippen LogP contribution is -2.41. The first-order valence-corrected chi connectivity index (χ1v) is 6.32. The molecule has 0 bridgehead atoms. The maximum atomic E-state index is 9.97. The van der Waals surface area contributed by atoms with Crippen LogP contribution in [0.3, 0.4) is 0 Å². The maximum Gasteiger partial charge on any atom is 0.120 e. The molecule has 1 aromatic carbocycles. The van der Waals surface area contributed by atoms with Gasteiger partial charge in [-0.1, -0.05) is 24.6 Å². The summed E-state index contributed by atoms with van der Waals surface area (Å²) < 4.78 is 0. The maximum absolute atomic E-state index is 9.97. The fourth-order valence-corrected chi connectivity index (χ4v) is 1.99. The van der Waals surface area contributed by atoms with Crippen LogP contribution >= 0.6 is 0 Å². The van der Waals surface area contributed by atoms with E-state index in [1.807, 2.05) is 6.07 Å². The highest BCUT2D eigenvalue weighted by molar-refractivity contribution is 5.37. The molecule has 0 aliphatic heterocycles. The minimum absolute atomic E-state index is 0.135. The minimum Gasteiger partial charge on any atom is -0.508 e. The standard InChI is InChI=1S/C15H25NO/c1-7-15(4,5)16(6)12(3)13-10-11(2)8-9-14(13)17/h8-10,12,17H,7H2,1-6H3. The molecule has 1 aromatic rings. The lowest BCUT2D eigenvalue weighted by Gasteiger charge is -2.39. The van der Waals surface area contributed by atoms with Crippen molar-refractivity contribution >= 4 is 0 Å². The van der Waals surface area contributed by atoms with Crippen molar-refractivity contribution in [3.05, 3.63) is 29.3 Å². The number of nitrogens with zero attached hydrogens (tertiary/aromatic N) is 1. The number of hydrogen-bond donors (Lipinski definition) is 1. The molecule has 0 fully saturated rings. The average molecular weight is 235 g/mol. The van der Waals surface area contributed by atoms with Crippen molar-refractivity contribution in [1.29, 1.82) is 0 Å². The number of phenolic OH excluding ortho intramolecular Hbond substituents is 1. The summed E-state index contributed by atoms with van der Waals surface area (Å²) in [5.74, 6) is 0.391. The first-order valence-electron chi connectivity index (χ1n) is 6.32. The molecule has 1 N–H and O–H groups in total. The molecule has 96 valence electrons. The monoisotopic (exact) mass is 235 g/mol. The van der Waals surface area contributed by atoms with Gasteiger partial charge in [0.1, 0.15) is 5.75 Å². The lowest BCUT2D eigenvalue weighted by atomic mass is 9.94. The number of phenols is 1. The predicted molar refractivity (Wildman–Crippen MR) is 73.4 cm³/mol. The molecule has 0 radical (unpaired) electrons. The van der Waals surface area contributed by atoms with Crippen LogP contribution in [0, 0.1) is 6.92 Å². The molecule has 0 aromatic heterocycles. The van der Waals surface area contributed by atoms with Gasteiger partial charge < -0.3 is 5.11 Å². The Morgan fingerprint density at radius 3 is 2.47 bits per heavy atom. The number of rotatable bonds is 4. The molecule has 0 aliphatic carbocycles. The molecule has 0 saturated carbocycles. The number of aryl methyl sites for hydroxylation is 1. The van der Waals surface area contributed by atoms with Gasteiger partial charge in [0.15, 0.2) is 0 Å². The summed E-state index contributed by atoms with van der Waals surface area (Å²) in [4.78, 5) is 2.32. The average Bonchev–Trinajstić information content (AvgIpc) is 2.30. The Morgan fingerprint density at radius 1 is 1.35 bits per heavy atom. The third-order valence-corrected chi connectivity index (χ3v) is 4.03. The molecule has 0 amide bonds. The number of aromatic hydroxyl groups is 1. The van der Waals surface area contributed by atoms with Gasteiger partial charge in [-0.05, 0) is 47.2 Å².